The zero-order chi connectivity index (χ0) is 20.5. The van der Waals surface area contributed by atoms with Crippen LogP contribution in [-0.2, 0) is 17.6 Å². The molecular formula is C22H23N3O2S2. The van der Waals surface area contributed by atoms with Gasteiger partial charge in [0.2, 0.25) is 5.91 Å². The minimum atomic E-state index is -0.128. The van der Waals surface area contributed by atoms with Crippen LogP contribution in [0.25, 0.3) is 10.2 Å². The number of benzene rings is 1. The number of nitrogens with zero attached hydrogens (tertiary/aromatic N) is 2. The predicted octanol–water partition coefficient (Wildman–Crippen LogP) is 5.06. The Kier molecular flexibility index (Phi) is 5.69. The Bertz CT molecular complexity index is 1090. The van der Waals surface area contributed by atoms with E-state index in [9.17, 15) is 9.59 Å². The molecule has 1 amide bonds. The van der Waals surface area contributed by atoms with Crippen molar-refractivity contribution >= 4 is 50.7 Å². The fourth-order valence-electron chi connectivity index (χ4n) is 3.67. The highest BCUT2D eigenvalue weighted by Crippen LogP contribution is 2.41. The first-order valence-corrected chi connectivity index (χ1v) is 11.5. The third-order valence-corrected chi connectivity index (χ3v) is 7.22. The molecule has 7 heteroatoms. The summed E-state index contributed by atoms with van der Waals surface area (Å²) in [5, 5.41) is 4.79. The smallest absolute Gasteiger partial charge is 0.221 e. The van der Waals surface area contributed by atoms with Gasteiger partial charge in [-0.1, -0.05) is 18.7 Å². The summed E-state index contributed by atoms with van der Waals surface area (Å²) in [7, 11) is 0. The van der Waals surface area contributed by atoms with Gasteiger partial charge in [-0.05, 0) is 61.9 Å². The highest BCUT2D eigenvalue weighted by atomic mass is 32.2. The standard InChI is InChI=1S/C22H23N3O2S2/c1-12-4-9-17-19(10-12)29-22-20(17)21(23-13(2)24-22)28-11-18(27)15-5-7-16(8-6-15)25-14(3)26/h5-8,12H,4,9-11H2,1-3H3,(H,25,26)/t12-/m1/s1. The van der Waals surface area contributed by atoms with E-state index in [0.717, 1.165) is 33.9 Å². The second-order valence-corrected chi connectivity index (χ2v) is 9.63. The van der Waals surface area contributed by atoms with Crippen LogP contribution in [0.1, 0.15) is 46.9 Å². The summed E-state index contributed by atoms with van der Waals surface area (Å²) in [6, 6.07) is 7.01. The van der Waals surface area contributed by atoms with Crippen LogP contribution in [0.2, 0.25) is 0 Å². The van der Waals surface area contributed by atoms with Crippen LogP contribution in [-0.4, -0.2) is 27.4 Å². The summed E-state index contributed by atoms with van der Waals surface area (Å²) in [4.78, 5) is 35.6. The van der Waals surface area contributed by atoms with E-state index < -0.39 is 0 Å². The lowest BCUT2D eigenvalue weighted by atomic mass is 9.89. The Hall–Kier alpha value is -2.25. The Morgan fingerprint density at radius 3 is 2.72 bits per heavy atom. The average Bonchev–Trinajstić information content (AvgIpc) is 3.02. The molecule has 0 spiro atoms. The van der Waals surface area contributed by atoms with Crippen molar-refractivity contribution in [1.82, 2.24) is 9.97 Å². The van der Waals surface area contributed by atoms with Crippen molar-refractivity contribution in [2.45, 2.75) is 45.1 Å². The summed E-state index contributed by atoms with van der Waals surface area (Å²) in [6.45, 7) is 5.67. The number of anilines is 1. The maximum absolute atomic E-state index is 12.7. The second-order valence-electron chi connectivity index (χ2n) is 7.58. The van der Waals surface area contributed by atoms with Gasteiger partial charge < -0.3 is 5.32 Å². The van der Waals surface area contributed by atoms with E-state index in [-0.39, 0.29) is 11.7 Å². The van der Waals surface area contributed by atoms with Crippen LogP contribution in [0.5, 0.6) is 0 Å². The number of carbonyl (C=O) groups is 2. The Balaban J connectivity index is 1.55. The number of thioether (sulfide) groups is 1. The zero-order valence-corrected chi connectivity index (χ0v) is 18.4. The quantitative estimate of drug-likeness (QED) is 0.351. The molecular weight excluding hydrogens is 402 g/mol. The molecule has 2 heterocycles. The molecule has 1 aromatic carbocycles. The van der Waals surface area contributed by atoms with Gasteiger partial charge >= 0.3 is 0 Å². The lowest BCUT2D eigenvalue weighted by Gasteiger charge is -2.18. The normalized spacial score (nSPS) is 15.9. The van der Waals surface area contributed by atoms with Crippen molar-refractivity contribution in [3.05, 3.63) is 46.1 Å². The van der Waals surface area contributed by atoms with E-state index in [1.54, 1.807) is 35.6 Å². The molecule has 2 aromatic heterocycles. The molecule has 150 valence electrons. The number of hydrogen-bond donors (Lipinski definition) is 1. The monoisotopic (exact) mass is 425 g/mol. The van der Waals surface area contributed by atoms with Gasteiger partial charge in [0.05, 0.1) is 5.75 Å². The number of aryl methyl sites for hydroxylation is 2. The number of rotatable bonds is 5. The molecule has 1 N–H and O–H groups in total. The Labute approximate surface area is 178 Å². The van der Waals surface area contributed by atoms with Gasteiger partial charge in [-0.15, -0.1) is 11.3 Å². The molecule has 0 aliphatic heterocycles. The van der Waals surface area contributed by atoms with Crippen molar-refractivity contribution in [3.63, 3.8) is 0 Å². The molecule has 0 fully saturated rings. The van der Waals surface area contributed by atoms with Crippen molar-refractivity contribution in [1.29, 1.82) is 0 Å². The fraction of sp³-hybridized carbons (Fsp3) is 0.364. The summed E-state index contributed by atoms with van der Waals surface area (Å²) in [6.07, 6.45) is 3.37. The van der Waals surface area contributed by atoms with Gasteiger partial charge in [-0.25, -0.2) is 9.97 Å². The zero-order valence-electron chi connectivity index (χ0n) is 16.7. The first-order chi connectivity index (χ1) is 13.9. The molecule has 0 unspecified atom stereocenters. The van der Waals surface area contributed by atoms with Crippen LogP contribution in [0.4, 0.5) is 5.69 Å². The first kappa shape index (κ1) is 20.0. The number of amides is 1. The molecule has 4 rings (SSSR count). The number of nitrogens with one attached hydrogen (secondary N) is 1. The van der Waals surface area contributed by atoms with Crippen LogP contribution in [0.15, 0.2) is 29.3 Å². The largest absolute Gasteiger partial charge is 0.326 e. The number of hydrogen-bond acceptors (Lipinski definition) is 6. The minimum absolute atomic E-state index is 0.0477. The molecule has 0 bridgehead atoms. The van der Waals surface area contributed by atoms with E-state index in [1.807, 2.05) is 6.92 Å². The molecule has 1 aliphatic rings. The summed E-state index contributed by atoms with van der Waals surface area (Å²) in [5.41, 5.74) is 2.71. The molecule has 0 saturated heterocycles. The average molecular weight is 426 g/mol. The Morgan fingerprint density at radius 2 is 2.00 bits per heavy atom. The van der Waals surface area contributed by atoms with Gasteiger partial charge in [0.25, 0.3) is 0 Å². The second kappa shape index (κ2) is 8.24. The number of ketones is 1. The predicted molar refractivity (Wildman–Crippen MR) is 119 cm³/mol. The van der Waals surface area contributed by atoms with Gasteiger partial charge in [-0.3, -0.25) is 9.59 Å². The van der Waals surface area contributed by atoms with Gasteiger partial charge in [-0.2, -0.15) is 0 Å². The molecule has 0 saturated carbocycles. The third-order valence-electron chi connectivity index (χ3n) is 5.10. The number of fused-ring (bicyclic) bond motifs is 3. The number of thiophene rings is 1. The molecule has 1 atom stereocenters. The van der Waals surface area contributed by atoms with E-state index >= 15 is 0 Å². The van der Waals surface area contributed by atoms with Gasteiger partial charge in [0.15, 0.2) is 5.78 Å². The maximum atomic E-state index is 12.7. The summed E-state index contributed by atoms with van der Waals surface area (Å²) >= 11 is 3.28. The van der Waals surface area contributed by atoms with Gasteiger partial charge in [0, 0.05) is 28.4 Å². The van der Waals surface area contributed by atoms with Crippen molar-refractivity contribution in [3.8, 4) is 0 Å². The van der Waals surface area contributed by atoms with Crippen LogP contribution >= 0.6 is 23.1 Å². The number of Topliss-reactive ketones (excluding diaryl/α,β-unsaturated/α-hetero) is 1. The summed E-state index contributed by atoms with van der Waals surface area (Å²) < 4.78 is 0. The van der Waals surface area contributed by atoms with E-state index in [4.69, 9.17) is 0 Å². The lowest BCUT2D eigenvalue weighted by molar-refractivity contribution is -0.114. The molecule has 3 aromatic rings. The molecule has 1 aliphatic carbocycles. The first-order valence-electron chi connectivity index (χ1n) is 9.73. The molecule has 29 heavy (non-hydrogen) atoms. The van der Waals surface area contributed by atoms with E-state index in [0.29, 0.717) is 22.9 Å². The van der Waals surface area contributed by atoms with Crippen molar-refractivity contribution in [2.24, 2.45) is 5.92 Å². The third kappa shape index (κ3) is 4.36. The Morgan fingerprint density at radius 1 is 1.24 bits per heavy atom. The van der Waals surface area contributed by atoms with Crippen molar-refractivity contribution in [2.75, 3.05) is 11.1 Å². The number of aromatic nitrogens is 2. The topological polar surface area (TPSA) is 72.0 Å². The maximum Gasteiger partial charge on any atom is 0.221 e. The summed E-state index contributed by atoms with van der Waals surface area (Å²) in [5.74, 6) is 1.70. The van der Waals surface area contributed by atoms with Gasteiger partial charge in [0.1, 0.15) is 15.7 Å². The highest BCUT2D eigenvalue weighted by molar-refractivity contribution is 8.00. The van der Waals surface area contributed by atoms with Crippen LogP contribution in [0.3, 0.4) is 0 Å². The molecule has 5 nitrogen and oxygen atoms in total. The highest BCUT2D eigenvalue weighted by Gasteiger charge is 2.24. The van der Waals surface area contributed by atoms with E-state index in [2.05, 4.69) is 22.2 Å². The van der Waals surface area contributed by atoms with E-state index in [1.165, 1.54) is 35.5 Å². The fourth-order valence-corrected chi connectivity index (χ4v) is 6.16. The van der Waals surface area contributed by atoms with Crippen molar-refractivity contribution < 1.29 is 9.59 Å². The van der Waals surface area contributed by atoms with Crippen LogP contribution < -0.4 is 5.32 Å². The van der Waals surface area contributed by atoms with Crippen LogP contribution in [0, 0.1) is 12.8 Å². The lowest BCUT2D eigenvalue weighted by Crippen LogP contribution is -2.09. The molecule has 0 radical (unpaired) electrons. The number of carbonyl (C=O) groups excluding carboxylic acids is 2. The minimum Gasteiger partial charge on any atom is -0.326 e. The SMILES string of the molecule is CC(=O)Nc1ccc(C(=O)CSc2nc(C)nc3sc4c(c23)CC[C@@H](C)C4)cc1.